The summed E-state index contributed by atoms with van der Waals surface area (Å²) in [5, 5.41) is 7.45. The SMILES string of the molecule is O=C(CNc1ccc(Cl)cc1Cl)Nc1ccc(Cl)cc1Cl. The summed E-state index contributed by atoms with van der Waals surface area (Å²) >= 11 is 23.6. The van der Waals surface area contributed by atoms with Gasteiger partial charge in [0.25, 0.3) is 0 Å². The van der Waals surface area contributed by atoms with E-state index in [4.69, 9.17) is 46.4 Å². The number of hydrogen-bond acceptors (Lipinski definition) is 2. The molecule has 0 aromatic heterocycles. The molecule has 0 radical (unpaired) electrons. The van der Waals surface area contributed by atoms with Crippen LogP contribution in [0.4, 0.5) is 11.4 Å². The third-order valence-corrected chi connectivity index (χ3v) is 3.67. The zero-order valence-corrected chi connectivity index (χ0v) is 13.6. The molecule has 110 valence electrons. The van der Waals surface area contributed by atoms with Crippen molar-refractivity contribution in [1.29, 1.82) is 0 Å². The van der Waals surface area contributed by atoms with Gasteiger partial charge in [0.1, 0.15) is 0 Å². The summed E-state index contributed by atoms with van der Waals surface area (Å²) in [5.41, 5.74) is 1.12. The van der Waals surface area contributed by atoms with Crippen molar-refractivity contribution >= 4 is 63.7 Å². The Morgan fingerprint density at radius 2 is 1.38 bits per heavy atom. The average molecular weight is 364 g/mol. The molecule has 0 aliphatic carbocycles. The van der Waals surface area contributed by atoms with E-state index in [2.05, 4.69) is 10.6 Å². The van der Waals surface area contributed by atoms with Crippen LogP contribution in [0.3, 0.4) is 0 Å². The Balaban J connectivity index is 1.96. The summed E-state index contributed by atoms with van der Waals surface area (Å²) in [4.78, 5) is 11.9. The largest absolute Gasteiger partial charge is 0.375 e. The topological polar surface area (TPSA) is 41.1 Å². The number of carbonyl (C=O) groups is 1. The van der Waals surface area contributed by atoms with E-state index in [-0.39, 0.29) is 12.5 Å². The van der Waals surface area contributed by atoms with Gasteiger partial charge in [0, 0.05) is 10.0 Å². The Hall–Kier alpha value is -1.13. The predicted molar refractivity (Wildman–Crippen MR) is 90.0 cm³/mol. The van der Waals surface area contributed by atoms with Crippen LogP contribution in [0.1, 0.15) is 0 Å². The molecule has 0 heterocycles. The molecular weight excluding hydrogens is 354 g/mol. The first-order valence-electron chi connectivity index (χ1n) is 5.89. The minimum absolute atomic E-state index is 0.0420. The maximum absolute atomic E-state index is 11.9. The van der Waals surface area contributed by atoms with Gasteiger partial charge >= 0.3 is 0 Å². The molecule has 7 heteroatoms. The first-order chi connectivity index (χ1) is 9.95. The van der Waals surface area contributed by atoms with Crippen LogP contribution in [0.5, 0.6) is 0 Å². The molecule has 0 atom stereocenters. The van der Waals surface area contributed by atoms with E-state index in [9.17, 15) is 4.79 Å². The Morgan fingerprint density at radius 1 is 0.857 bits per heavy atom. The molecule has 0 unspecified atom stereocenters. The predicted octanol–water partition coefficient (Wildman–Crippen LogP) is 5.35. The highest BCUT2D eigenvalue weighted by Gasteiger charge is 2.07. The van der Waals surface area contributed by atoms with Crippen LogP contribution in [-0.2, 0) is 4.79 Å². The number of rotatable bonds is 4. The van der Waals surface area contributed by atoms with Crippen molar-refractivity contribution in [3.63, 3.8) is 0 Å². The first-order valence-corrected chi connectivity index (χ1v) is 7.41. The van der Waals surface area contributed by atoms with E-state index >= 15 is 0 Å². The third-order valence-electron chi connectivity index (χ3n) is 2.58. The molecule has 2 aromatic rings. The van der Waals surface area contributed by atoms with E-state index in [1.807, 2.05) is 0 Å². The second kappa shape index (κ2) is 7.23. The summed E-state index contributed by atoms with van der Waals surface area (Å²) in [6.45, 7) is 0.0420. The highest BCUT2D eigenvalue weighted by molar-refractivity contribution is 6.37. The van der Waals surface area contributed by atoms with Crippen molar-refractivity contribution in [2.75, 3.05) is 17.2 Å². The number of nitrogens with one attached hydrogen (secondary N) is 2. The maximum Gasteiger partial charge on any atom is 0.243 e. The van der Waals surface area contributed by atoms with Gasteiger partial charge in [-0.05, 0) is 36.4 Å². The van der Waals surface area contributed by atoms with Crippen molar-refractivity contribution in [2.24, 2.45) is 0 Å². The van der Waals surface area contributed by atoms with Gasteiger partial charge in [0.2, 0.25) is 5.91 Å². The first kappa shape index (κ1) is 16.2. The lowest BCUT2D eigenvalue weighted by Gasteiger charge is -2.10. The summed E-state index contributed by atoms with van der Waals surface area (Å²) in [6.07, 6.45) is 0. The molecule has 2 rings (SSSR count). The van der Waals surface area contributed by atoms with Gasteiger partial charge in [-0.15, -0.1) is 0 Å². The van der Waals surface area contributed by atoms with Crippen molar-refractivity contribution in [3.05, 3.63) is 56.5 Å². The number of halogens is 4. The van der Waals surface area contributed by atoms with E-state index in [0.717, 1.165) is 0 Å². The molecule has 0 bridgehead atoms. The lowest BCUT2D eigenvalue weighted by molar-refractivity contribution is -0.114. The number of anilines is 2. The van der Waals surface area contributed by atoms with Gasteiger partial charge in [0.05, 0.1) is 28.0 Å². The van der Waals surface area contributed by atoms with E-state index in [0.29, 0.717) is 31.5 Å². The molecule has 0 aliphatic rings. The summed E-state index contributed by atoms with van der Waals surface area (Å²) < 4.78 is 0. The van der Waals surface area contributed by atoms with Gasteiger partial charge in [-0.25, -0.2) is 0 Å². The second-order valence-electron chi connectivity index (χ2n) is 4.15. The van der Waals surface area contributed by atoms with Crippen molar-refractivity contribution in [3.8, 4) is 0 Å². The molecule has 0 saturated carbocycles. The Labute approximate surface area is 142 Å². The zero-order chi connectivity index (χ0) is 15.4. The van der Waals surface area contributed by atoms with E-state index in [1.165, 1.54) is 0 Å². The number of hydrogen-bond donors (Lipinski definition) is 2. The summed E-state index contributed by atoms with van der Waals surface area (Å²) in [7, 11) is 0. The fourth-order valence-electron chi connectivity index (χ4n) is 1.59. The van der Waals surface area contributed by atoms with Crippen LogP contribution in [0.25, 0.3) is 0 Å². The van der Waals surface area contributed by atoms with Crippen LogP contribution in [0.2, 0.25) is 20.1 Å². The standard InChI is InChI=1S/C14H10Cl4N2O/c15-8-1-3-12(10(17)5-8)19-7-14(21)20-13-4-2-9(16)6-11(13)18/h1-6,19H,7H2,(H,20,21). The van der Waals surface area contributed by atoms with Crippen LogP contribution in [0, 0.1) is 0 Å². The fraction of sp³-hybridized carbons (Fsp3) is 0.0714. The molecule has 0 aliphatic heterocycles. The molecule has 3 nitrogen and oxygen atoms in total. The highest BCUT2D eigenvalue weighted by atomic mass is 35.5. The third kappa shape index (κ3) is 4.68. The van der Waals surface area contributed by atoms with Crippen molar-refractivity contribution in [2.45, 2.75) is 0 Å². The quantitative estimate of drug-likeness (QED) is 0.768. The Morgan fingerprint density at radius 3 is 1.90 bits per heavy atom. The smallest absolute Gasteiger partial charge is 0.243 e. The normalized spacial score (nSPS) is 10.3. The van der Waals surface area contributed by atoms with Gasteiger partial charge in [0.15, 0.2) is 0 Å². The second-order valence-corrected chi connectivity index (χ2v) is 5.84. The molecule has 0 spiro atoms. The average Bonchev–Trinajstić information content (AvgIpc) is 2.41. The number of amides is 1. The lowest BCUT2D eigenvalue weighted by atomic mass is 10.3. The van der Waals surface area contributed by atoms with Crippen molar-refractivity contribution < 1.29 is 4.79 Å². The molecule has 2 aromatic carbocycles. The monoisotopic (exact) mass is 362 g/mol. The minimum Gasteiger partial charge on any atom is -0.375 e. The minimum atomic E-state index is -0.259. The van der Waals surface area contributed by atoms with Crippen LogP contribution in [0.15, 0.2) is 36.4 Å². The Bertz CT molecular complexity index is 676. The highest BCUT2D eigenvalue weighted by Crippen LogP contribution is 2.26. The van der Waals surface area contributed by atoms with Gasteiger partial charge in [-0.2, -0.15) is 0 Å². The van der Waals surface area contributed by atoms with Gasteiger partial charge in [-0.1, -0.05) is 46.4 Å². The van der Waals surface area contributed by atoms with Crippen LogP contribution >= 0.6 is 46.4 Å². The zero-order valence-electron chi connectivity index (χ0n) is 10.6. The van der Waals surface area contributed by atoms with E-state index in [1.54, 1.807) is 36.4 Å². The van der Waals surface area contributed by atoms with Crippen molar-refractivity contribution in [1.82, 2.24) is 0 Å². The van der Waals surface area contributed by atoms with Crippen LogP contribution in [-0.4, -0.2) is 12.5 Å². The van der Waals surface area contributed by atoms with Crippen LogP contribution < -0.4 is 10.6 Å². The molecule has 21 heavy (non-hydrogen) atoms. The molecular formula is C14H10Cl4N2O. The molecule has 0 fully saturated rings. The summed E-state index contributed by atoms with van der Waals surface area (Å²) in [6, 6.07) is 9.82. The van der Waals surface area contributed by atoms with Gasteiger partial charge < -0.3 is 10.6 Å². The number of benzene rings is 2. The molecule has 1 amide bonds. The van der Waals surface area contributed by atoms with E-state index < -0.39 is 0 Å². The lowest BCUT2D eigenvalue weighted by Crippen LogP contribution is -2.22. The Kier molecular flexibility index (Phi) is 5.59. The van der Waals surface area contributed by atoms with Gasteiger partial charge in [-0.3, -0.25) is 4.79 Å². The summed E-state index contributed by atoms with van der Waals surface area (Å²) in [5.74, 6) is -0.259. The fourth-order valence-corrected chi connectivity index (χ4v) is 2.52. The number of carbonyl (C=O) groups excluding carboxylic acids is 1. The maximum atomic E-state index is 11.9. The molecule has 2 N–H and O–H groups in total. The molecule has 0 saturated heterocycles.